The van der Waals surface area contributed by atoms with E-state index < -0.39 is 0 Å². The van der Waals surface area contributed by atoms with Crippen LogP contribution >= 0.6 is 0 Å². The van der Waals surface area contributed by atoms with Gasteiger partial charge in [-0.3, -0.25) is 0 Å². The van der Waals surface area contributed by atoms with Crippen molar-refractivity contribution < 1.29 is 4.74 Å². The van der Waals surface area contributed by atoms with Crippen LogP contribution in [0.1, 0.15) is 25.5 Å². The van der Waals surface area contributed by atoms with Crippen molar-refractivity contribution in [1.29, 1.82) is 0 Å². The molecule has 0 aliphatic rings. The average molecular weight is 284 g/mol. The monoisotopic (exact) mass is 284 g/mol. The SMILES string of the molecule is CC(C)Oc1ccc(C(CN)N(C)c2ccccc2)cc1. The highest BCUT2D eigenvalue weighted by atomic mass is 16.5. The molecular weight excluding hydrogens is 260 g/mol. The molecule has 0 spiro atoms. The van der Waals surface area contributed by atoms with Crippen LogP contribution in [0.25, 0.3) is 0 Å². The van der Waals surface area contributed by atoms with Gasteiger partial charge in [-0.2, -0.15) is 0 Å². The molecule has 2 N–H and O–H groups in total. The van der Waals surface area contributed by atoms with Crippen LogP contribution in [0.2, 0.25) is 0 Å². The van der Waals surface area contributed by atoms with Crippen LogP contribution in [0.4, 0.5) is 5.69 Å². The van der Waals surface area contributed by atoms with E-state index in [-0.39, 0.29) is 12.1 Å². The number of benzene rings is 2. The van der Waals surface area contributed by atoms with E-state index >= 15 is 0 Å². The lowest BCUT2D eigenvalue weighted by Crippen LogP contribution is -2.30. The largest absolute Gasteiger partial charge is 0.491 e. The van der Waals surface area contributed by atoms with Gasteiger partial charge in [0.05, 0.1) is 12.1 Å². The molecule has 112 valence electrons. The Morgan fingerprint density at radius 1 is 1.00 bits per heavy atom. The Hall–Kier alpha value is -2.00. The third-order valence-corrected chi connectivity index (χ3v) is 3.49. The number of rotatable bonds is 6. The van der Waals surface area contributed by atoms with Crippen molar-refractivity contribution in [1.82, 2.24) is 0 Å². The van der Waals surface area contributed by atoms with Gasteiger partial charge in [0.25, 0.3) is 0 Å². The Balaban J connectivity index is 2.17. The van der Waals surface area contributed by atoms with E-state index in [4.69, 9.17) is 10.5 Å². The first-order valence-electron chi connectivity index (χ1n) is 7.36. The first-order chi connectivity index (χ1) is 10.1. The molecule has 2 rings (SSSR count). The lowest BCUT2D eigenvalue weighted by atomic mass is 10.0. The zero-order chi connectivity index (χ0) is 15.2. The van der Waals surface area contributed by atoms with Gasteiger partial charge in [-0.25, -0.2) is 0 Å². The minimum absolute atomic E-state index is 0.153. The fraction of sp³-hybridized carbons (Fsp3) is 0.333. The molecule has 0 heterocycles. The van der Waals surface area contributed by atoms with Crippen LogP contribution in [-0.2, 0) is 0 Å². The van der Waals surface area contributed by atoms with Gasteiger partial charge < -0.3 is 15.4 Å². The number of likely N-dealkylation sites (N-methyl/N-ethyl adjacent to an activating group) is 1. The molecular formula is C18H24N2O. The third kappa shape index (κ3) is 3.99. The van der Waals surface area contributed by atoms with Crippen LogP contribution < -0.4 is 15.4 Å². The molecule has 0 amide bonds. The Kier molecular flexibility index (Phi) is 5.23. The van der Waals surface area contributed by atoms with E-state index in [0.717, 1.165) is 11.4 Å². The molecule has 0 fully saturated rings. The predicted octanol–water partition coefficient (Wildman–Crippen LogP) is 3.61. The second-order valence-electron chi connectivity index (χ2n) is 5.43. The van der Waals surface area contributed by atoms with Crippen molar-refractivity contribution in [2.75, 3.05) is 18.5 Å². The number of nitrogens with zero attached hydrogens (tertiary/aromatic N) is 1. The van der Waals surface area contributed by atoms with E-state index in [0.29, 0.717) is 6.54 Å². The maximum atomic E-state index is 5.99. The summed E-state index contributed by atoms with van der Waals surface area (Å²) >= 11 is 0. The van der Waals surface area contributed by atoms with E-state index in [1.807, 2.05) is 44.2 Å². The first kappa shape index (κ1) is 15.4. The molecule has 0 aliphatic heterocycles. The number of hydrogen-bond acceptors (Lipinski definition) is 3. The number of ether oxygens (including phenoxy) is 1. The standard InChI is InChI=1S/C18H24N2O/c1-14(2)21-17-11-9-15(10-12-17)18(13-19)20(3)16-7-5-4-6-8-16/h4-12,14,18H,13,19H2,1-3H3. The van der Waals surface area contributed by atoms with Gasteiger partial charge in [-0.1, -0.05) is 30.3 Å². The Morgan fingerprint density at radius 2 is 1.62 bits per heavy atom. The summed E-state index contributed by atoms with van der Waals surface area (Å²) in [6.07, 6.45) is 0.188. The molecule has 2 aromatic rings. The molecule has 3 nitrogen and oxygen atoms in total. The predicted molar refractivity (Wildman–Crippen MR) is 88.8 cm³/mol. The average Bonchev–Trinajstić information content (AvgIpc) is 2.50. The lowest BCUT2D eigenvalue weighted by molar-refractivity contribution is 0.242. The summed E-state index contributed by atoms with van der Waals surface area (Å²) in [4.78, 5) is 2.21. The molecule has 1 atom stereocenters. The minimum atomic E-state index is 0.153. The summed E-state index contributed by atoms with van der Waals surface area (Å²) in [5.74, 6) is 0.895. The summed E-state index contributed by atoms with van der Waals surface area (Å²) in [6, 6.07) is 18.7. The molecule has 0 saturated carbocycles. The Morgan fingerprint density at radius 3 is 2.14 bits per heavy atom. The van der Waals surface area contributed by atoms with Gasteiger partial charge >= 0.3 is 0 Å². The summed E-state index contributed by atoms with van der Waals surface area (Å²) < 4.78 is 5.68. The van der Waals surface area contributed by atoms with E-state index in [1.54, 1.807) is 0 Å². The number of hydrogen-bond donors (Lipinski definition) is 1. The second-order valence-corrected chi connectivity index (χ2v) is 5.43. The molecule has 21 heavy (non-hydrogen) atoms. The zero-order valence-electron chi connectivity index (χ0n) is 13.0. The van der Waals surface area contributed by atoms with E-state index in [9.17, 15) is 0 Å². The molecule has 0 aromatic heterocycles. The molecule has 1 unspecified atom stereocenters. The molecule has 0 bridgehead atoms. The van der Waals surface area contributed by atoms with Crippen molar-refractivity contribution in [3.05, 3.63) is 60.2 Å². The summed E-state index contributed by atoms with van der Waals surface area (Å²) in [7, 11) is 2.07. The van der Waals surface area contributed by atoms with Gasteiger partial charge in [0, 0.05) is 19.3 Å². The molecule has 0 radical (unpaired) electrons. The van der Waals surface area contributed by atoms with Crippen LogP contribution in [0.5, 0.6) is 5.75 Å². The van der Waals surface area contributed by atoms with Crippen LogP contribution in [-0.4, -0.2) is 19.7 Å². The van der Waals surface area contributed by atoms with Crippen LogP contribution in [0.15, 0.2) is 54.6 Å². The maximum absolute atomic E-state index is 5.99. The van der Waals surface area contributed by atoms with E-state index in [2.05, 4.69) is 36.2 Å². The topological polar surface area (TPSA) is 38.5 Å². The Bertz CT molecular complexity index is 537. The lowest BCUT2D eigenvalue weighted by Gasteiger charge is -2.29. The summed E-state index contributed by atoms with van der Waals surface area (Å²) in [5, 5.41) is 0. The molecule has 3 heteroatoms. The fourth-order valence-corrected chi connectivity index (χ4v) is 2.40. The highest BCUT2D eigenvalue weighted by Crippen LogP contribution is 2.26. The molecule has 0 saturated heterocycles. The quantitative estimate of drug-likeness (QED) is 0.880. The van der Waals surface area contributed by atoms with Crippen molar-refractivity contribution >= 4 is 5.69 Å². The normalized spacial score (nSPS) is 12.2. The van der Waals surface area contributed by atoms with Gasteiger partial charge in [0.1, 0.15) is 5.75 Å². The van der Waals surface area contributed by atoms with Gasteiger partial charge in [0.15, 0.2) is 0 Å². The Labute approximate surface area is 127 Å². The third-order valence-electron chi connectivity index (χ3n) is 3.49. The fourth-order valence-electron chi connectivity index (χ4n) is 2.40. The van der Waals surface area contributed by atoms with Crippen molar-refractivity contribution in [3.8, 4) is 5.75 Å². The maximum Gasteiger partial charge on any atom is 0.119 e. The summed E-state index contributed by atoms with van der Waals surface area (Å²) in [6.45, 7) is 4.62. The van der Waals surface area contributed by atoms with E-state index in [1.165, 1.54) is 5.56 Å². The molecule has 0 aliphatic carbocycles. The van der Waals surface area contributed by atoms with Gasteiger partial charge in [-0.15, -0.1) is 0 Å². The highest BCUT2D eigenvalue weighted by Gasteiger charge is 2.16. The van der Waals surface area contributed by atoms with Crippen molar-refractivity contribution in [2.45, 2.75) is 26.0 Å². The van der Waals surface area contributed by atoms with Gasteiger partial charge in [-0.05, 0) is 43.7 Å². The van der Waals surface area contributed by atoms with Crippen LogP contribution in [0.3, 0.4) is 0 Å². The molecule has 2 aromatic carbocycles. The second kappa shape index (κ2) is 7.14. The van der Waals surface area contributed by atoms with Crippen molar-refractivity contribution in [3.63, 3.8) is 0 Å². The minimum Gasteiger partial charge on any atom is -0.491 e. The number of anilines is 1. The first-order valence-corrected chi connectivity index (χ1v) is 7.36. The number of para-hydroxylation sites is 1. The van der Waals surface area contributed by atoms with Crippen molar-refractivity contribution in [2.24, 2.45) is 5.73 Å². The summed E-state index contributed by atoms with van der Waals surface area (Å²) in [5.41, 5.74) is 8.35. The van der Waals surface area contributed by atoms with Gasteiger partial charge in [0.2, 0.25) is 0 Å². The number of nitrogens with two attached hydrogens (primary N) is 1. The smallest absolute Gasteiger partial charge is 0.119 e. The zero-order valence-corrected chi connectivity index (χ0v) is 13.0. The highest BCUT2D eigenvalue weighted by molar-refractivity contribution is 5.48. The van der Waals surface area contributed by atoms with Crippen LogP contribution in [0, 0.1) is 0 Å².